The lowest BCUT2D eigenvalue weighted by molar-refractivity contribution is -0.122. The molecule has 2 fully saturated rings. The molecule has 1 amide bonds. The van der Waals surface area contributed by atoms with Crippen LogP contribution in [-0.2, 0) is 21.4 Å². The molecular formula is C31H47N5O4S. The van der Waals surface area contributed by atoms with Crippen LogP contribution in [0.15, 0.2) is 35.4 Å². The van der Waals surface area contributed by atoms with Gasteiger partial charge < -0.3 is 19.5 Å². The molecular weight excluding hydrogens is 538 g/mol. The highest BCUT2D eigenvalue weighted by molar-refractivity contribution is 7.89. The van der Waals surface area contributed by atoms with Gasteiger partial charge in [-0.1, -0.05) is 0 Å². The predicted molar refractivity (Wildman–Crippen MR) is 161 cm³/mol. The molecule has 3 aliphatic rings. The summed E-state index contributed by atoms with van der Waals surface area (Å²) >= 11 is 0. The Balaban J connectivity index is 1.22. The minimum absolute atomic E-state index is 0.0801. The van der Waals surface area contributed by atoms with Gasteiger partial charge in [-0.2, -0.15) is 4.31 Å². The van der Waals surface area contributed by atoms with E-state index in [4.69, 9.17) is 4.74 Å². The van der Waals surface area contributed by atoms with E-state index in [0.717, 1.165) is 51.1 Å². The van der Waals surface area contributed by atoms with Crippen molar-refractivity contribution in [3.05, 3.63) is 47.3 Å². The minimum atomic E-state index is -3.76. The number of methoxy groups -OCH3 is 1. The molecule has 1 aromatic carbocycles. The van der Waals surface area contributed by atoms with Crippen molar-refractivity contribution in [3.8, 4) is 5.75 Å². The molecule has 0 spiro atoms. The Morgan fingerprint density at radius 3 is 2.49 bits per heavy atom. The third-order valence-corrected chi connectivity index (χ3v) is 11.5. The number of nitrogens with one attached hydrogen (secondary N) is 1. The number of aromatic nitrogens is 1. The van der Waals surface area contributed by atoms with Gasteiger partial charge in [0, 0.05) is 69.7 Å². The highest BCUT2D eigenvalue weighted by Crippen LogP contribution is 2.37. The van der Waals surface area contributed by atoms with Crippen molar-refractivity contribution in [1.82, 2.24) is 24.0 Å². The molecule has 226 valence electrons. The lowest BCUT2D eigenvalue weighted by Gasteiger charge is -2.41. The van der Waals surface area contributed by atoms with Gasteiger partial charge in [-0.05, 0) is 94.8 Å². The van der Waals surface area contributed by atoms with Crippen LogP contribution in [0.2, 0.25) is 0 Å². The maximum atomic E-state index is 14.1. The molecule has 5 rings (SSSR count). The Bertz CT molecular complexity index is 1290. The number of ether oxygens (including phenoxy) is 1. The van der Waals surface area contributed by atoms with Crippen molar-refractivity contribution in [3.63, 3.8) is 0 Å². The number of likely N-dealkylation sites (N-methyl/N-ethyl adjacent to an activating group) is 1. The van der Waals surface area contributed by atoms with E-state index in [1.807, 2.05) is 32.2 Å². The van der Waals surface area contributed by atoms with E-state index in [1.165, 1.54) is 6.42 Å². The number of rotatable bonds is 9. The molecule has 1 aliphatic carbocycles. The van der Waals surface area contributed by atoms with Gasteiger partial charge in [0.2, 0.25) is 15.9 Å². The van der Waals surface area contributed by atoms with Gasteiger partial charge in [0.25, 0.3) is 0 Å². The largest absolute Gasteiger partial charge is 0.497 e. The molecule has 1 saturated heterocycles. The van der Waals surface area contributed by atoms with E-state index < -0.39 is 10.0 Å². The lowest BCUT2D eigenvalue weighted by atomic mass is 9.89. The van der Waals surface area contributed by atoms with Crippen molar-refractivity contribution in [2.24, 2.45) is 0 Å². The standard InChI is InChI=1S/C31H47N5O4S/c1-23-20-27(40-4)21-24(2)31(23)41(38,39)36-19-18-35-13-7-11-28(35)29(36)10-6-12-30(37)32-25-8-5-9-26(22-25)34-16-14-33(3)15-17-34/h7,11,13,20-21,25-26,29H,5-6,8-10,12,14-19,22H2,1-4H3,(H,32,37)/t25-,26+,29?/m0/s1. The van der Waals surface area contributed by atoms with E-state index in [2.05, 4.69) is 26.7 Å². The number of carbonyl (C=O) groups is 1. The van der Waals surface area contributed by atoms with Crippen LogP contribution in [0.3, 0.4) is 0 Å². The number of hydrogen-bond donors (Lipinski definition) is 1. The van der Waals surface area contributed by atoms with Gasteiger partial charge in [-0.3, -0.25) is 9.69 Å². The van der Waals surface area contributed by atoms with E-state index in [0.29, 0.717) is 60.2 Å². The SMILES string of the molecule is COc1cc(C)c(S(=O)(=O)N2CCn3cccc3C2CCCC(=O)N[C@H]2CCC[C@@H](N3CCN(C)CC3)C2)c(C)c1. The van der Waals surface area contributed by atoms with Gasteiger partial charge in [-0.15, -0.1) is 0 Å². The first-order valence-electron chi connectivity index (χ1n) is 15.2. The summed E-state index contributed by atoms with van der Waals surface area (Å²) in [6.45, 7) is 9.12. The third-order valence-electron chi connectivity index (χ3n) is 9.30. The fourth-order valence-corrected chi connectivity index (χ4v) is 9.18. The Hall–Kier alpha value is -2.40. The number of fused-ring (bicyclic) bond motifs is 1. The van der Waals surface area contributed by atoms with Crippen molar-refractivity contribution in [1.29, 1.82) is 0 Å². The number of carbonyl (C=O) groups excluding carboxylic acids is 1. The number of benzene rings is 1. The minimum Gasteiger partial charge on any atom is -0.497 e. The first-order valence-corrected chi connectivity index (χ1v) is 16.7. The van der Waals surface area contributed by atoms with Crippen molar-refractivity contribution in [2.45, 2.75) is 88.4 Å². The second-order valence-electron chi connectivity index (χ2n) is 12.2. The summed E-state index contributed by atoms with van der Waals surface area (Å²) in [5.41, 5.74) is 2.36. The van der Waals surface area contributed by atoms with Crippen LogP contribution in [0.1, 0.15) is 67.8 Å². The molecule has 2 aromatic rings. The summed E-state index contributed by atoms with van der Waals surface area (Å²) < 4.78 is 37.4. The molecule has 10 heteroatoms. The quantitative estimate of drug-likeness (QED) is 0.483. The topological polar surface area (TPSA) is 87.1 Å². The molecule has 9 nitrogen and oxygen atoms in total. The first-order chi connectivity index (χ1) is 19.7. The van der Waals surface area contributed by atoms with Crippen LogP contribution in [0, 0.1) is 13.8 Å². The maximum Gasteiger partial charge on any atom is 0.244 e. The summed E-state index contributed by atoms with van der Waals surface area (Å²) in [6, 6.07) is 8.03. The smallest absolute Gasteiger partial charge is 0.244 e. The maximum absolute atomic E-state index is 14.1. The van der Waals surface area contributed by atoms with Crippen LogP contribution < -0.4 is 10.1 Å². The molecule has 41 heavy (non-hydrogen) atoms. The number of aryl methyl sites for hydroxylation is 2. The number of nitrogens with zero attached hydrogens (tertiary/aromatic N) is 4. The Kier molecular flexibility index (Phi) is 9.43. The van der Waals surface area contributed by atoms with Gasteiger partial charge in [0.05, 0.1) is 18.0 Å². The summed E-state index contributed by atoms with van der Waals surface area (Å²) in [7, 11) is 0.0173. The molecule has 0 radical (unpaired) electrons. The fourth-order valence-electron chi connectivity index (χ4n) is 7.14. The second-order valence-corrected chi connectivity index (χ2v) is 14.0. The average molecular weight is 586 g/mol. The van der Waals surface area contributed by atoms with Gasteiger partial charge in [0.1, 0.15) is 5.75 Å². The zero-order valence-electron chi connectivity index (χ0n) is 25.1. The molecule has 1 unspecified atom stereocenters. The highest BCUT2D eigenvalue weighted by atomic mass is 32.2. The molecule has 3 heterocycles. The summed E-state index contributed by atoms with van der Waals surface area (Å²) in [4.78, 5) is 18.4. The number of piperazine rings is 1. The fraction of sp³-hybridized carbons (Fsp3) is 0.645. The first kappa shape index (κ1) is 30.1. The highest BCUT2D eigenvalue weighted by Gasteiger charge is 2.38. The number of amides is 1. The normalized spacial score (nSPS) is 24.6. The van der Waals surface area contributed by atoms with Gasteiger partial charge >= 0.3 is 0 Å². The van der Waals surface area contributed by atoms with Crippen LogP contribution in [0.5, 0.6) is 5.75 Å². The number of hydrogen-bond acceptors (Lipinski definition) is 6. The lowest BCUT2D eigenvalue weighted by Crippen LogP contribution is -2.52. The number of sulfonamides is 1. The molecule has 3 atom stereocenters. The van der Waals surface area contributed by atoms with Crippen molar-refractivity contribution in [2.75, 3.05) is 46.9 Å². The third kappa shape index (κ3) is 6.66. The Morgan fingerprint density at radius 2 is 1.78 bits per heavy atom. The predicted octanol–water partition coefficient (Wildman–Crippen LogP) is 3.70. The van der Waals surface area contributed by atoms with E-state index in [-0.39, 0.29) is 18.0 Å². The van der Waals surface area contributed by atoms with E-state index in [1.54, 1.807) is 23.5 Å². The van der Waals surface area contributed by atoms with E-state index >= 15 is 0 Å². The van der Waals surface area contributed by atoms with Crippen LogP contribution >= 0.6 is 0 Å². The molecule has 0 bridgehead atoms. The molecule has 2 aliphatic heterocycles. The second kappa shape index (κ2) is 12.9. The van der Waals surface area contributed by atoms with Gasteiger partial charge in [0.15, 0.2) is 0 Å². The van der Waals surface area contributed by atoms with Gasteiger partial charge in [-0.25, -0.2) is 8.42 Å². The zero-order valence-corrected chi connectivity index (χ0v) is 26.0. The Labute approximate surface area is 245 Å². The summed E-state index contributed by atoms with van der Waals surface area (Å²) in [5, 5.41) is 3.32. The van der Waals surface area contributed by atoms with Crippen molar-refractivity contribution >= 4 is 15.9 Å². The van der Waals surface area contributed by atoms with E-state index in [9.17, 15) is 13.2 Å². The zero-order chi connectivity index (χ0) is 29.1. The van der Waals surface area contributed by atoms with Crippen molar-refractivity contribution < 1.29 is 17.9 Å². The van der Waals surface area contributed by atoms with Crippen LogP contribution in [0.4, 0.5) is 0 Å². The van der Waals surface area contributed by atoms with Crippen LogP contribution in [0.25, 0.3) is 0 Å². The Morgan fingerprint density at radius 1 is 1.05 bits per heavy atom. The van der Waals surface area contributed by atoms with Crippen LogP contribution in [-0.4, -0.2) is 92.0 Å². The molecule has 1 saturated carbocycles. The summed E-state index contributed by atoms with van der Waals surface area (Å²) in [6.07, 6.45) is 8.08. The summed E-state index contributed by atoms with van der Waals surface area (Å²) in [5.74, 6) is 0.735. The molecule has 1 N–H and O–H groups in total. The monoisotopic (exact) mass is 585 g/mol. The average Bonchev–Trinajstić information content (AvgIpc) is 3.42. The molecule has 1 aromatic heterocycles.